The number of carbonyl (C=O) groups excluding carboxylic acids is 1. The van der Waals surface area contributed by atoms with Gasteiger partial charge in [-0.05, 0) is 25.1 Å². The highest BCUT2D eigenvalue weighted by Gasteiger charge is 2.18. The van der Waals surface area contributed by atoms with Gasteiger partial charge >= 0.3 is 0 Å². The summed E-state index contributed by atoms with van der Waals surface area (Å²) < 4.78 is 1.75. The Morgan fingerprint density at radius 2 is 2.26 bits per heavy atom. The van der Waals surface area contributed by atoms with E-state index < -0.39 is 0 Å². The number of hydrogen-bond donors (Lipinski definition) is 1. The Bertz CT molecular complexity index is 562. The Morgan fingerprint density at radius 1 is 1.47 bits per heavy atom. The third kappa shape index (κ3) is 2.93. The van der Waals surface area contributed by atoms with Crippen molar-refractivity contribution >= 4 is 11.6 Å². The van der Waals surface area contributed by atoms with Crippen molar-refractivity contribution in [3.63, 3.8) is 0 Å². The molecule has 19 heavy (non-hydrogen) atoms. The number of nitrogens with zero attached hydrogens (tertiary/aromatic N) is 3. The molecule has 2 aromatic rings. The maximum Gasteiger partial charge on any atom is 0.270 e. The smallest absolute Gasteiger partial charge is 0.270 e. The van der Waals surface area contributed by atoms with Crippen LogP contribution < -0.4 is 5.73 Å². The minimum Gasteiger partial charge on any atom is -0.397 e. The summed E-state index contributed by atoms with van der Waals surface area (Å²) in [5.41, 5.74) is 7.77. The zero-order valence-corrected chi connectivity index (χ0v) is 11.2. The molecule has 0 aliphatic heterocycles. The van der Waals surface area contributed by atoms with E-state index in [0.717, 1.165) is 5.69 Å². The van der Waals surface area contributed by atoms with Gasteiger partial charge in [-0.15, -0.1) is 0 Å². The molecule has 0 unspecified atom stereocenters. The lowest BCUT2D eigenvalue weighted by Crippen LogP contribution is -2.31. The molecule has 0 bridgehead atoms. The van der Waals surface area contributed by atoms with Gasteiger partial charge in [0.25, 0.3) is 5.91 Å². The SMILES string of the molecule is CCN(Cc1ccccn1)C(=O)c1cc(N)cn1C. The molecule has 0 radical (unpaired) electrons. The molecule has 2 N–H and O–H groups in total. The number of aryl methyl sites for hydroxylation is 1. The maximum atomic E-state index is 12.4. The molecule has 0 aliphatic carbocycles. The van der Waals surface area contributed by atoms with Crippen LogP contribution in [-0.2, 0) is 13.6 Å². The van der Waals surface area contributed by atoms with Crippen molar-refractivity contribution in [1.29, 1.82) is 0 Å². The second kappa shape index (κ2) is 5.56. The number of anilines is 1. The van der Waals surface area contributed by atoms with Crippen LogP contribution in [0.5, 0.6) is 0 Å². The lowest BCUT2D eigenvalue weighted by atomic mass is 10.3. The van der Waals surface area contributed by atoms with Gasteiger partial charge in [-0.3, -0.25) is 9.78 Å². The highest BCUT2D eigenvalue weighted by atomic mass is 16.2. The number of nitrogens with two attached hydrogens (primary N) is 1. The molecule has 0 spiro atoms. The zero-order chi connectivity index (χ0) is 13.8. The molecule has 2 rings (SSSR count). The minimum atomic E-state index is -0.0349. The molecule has 5 heteroatoms. The van der Waals surface area contributed by atoms with Gasteiger partial charge in [0, 0.05) is 26.0 Å². The van der Waals surface area contributed by atoms with E-state index >= 15 is 0 Å². The maximum absolute atomic E-state index is 12.4. The molecule has 5 nitrogen and oxygen atoms in total. The summed E-state index contributed by atoms with van der Waals surface area (Å²) in [5.74, 6) is -0.0349. The Kier molecular flexibility index (Phi) is 3.85. The van der Waals surface area contributed by atoms with Crippen LogP contribution in [0.3, 0.4) is 0 Å². The third-order valence-corrected chi connectivity index (χ3v) is 2.99. The van der Waals surface area contributed by atoms with E-state index in [1.807, 2.05) is 32.2 Å². The number of nitrogen functional groups attached to an aromatic ring is 1. The summed E-state index contributed by atoms with van der Waals surface area (Å²) in [6.45, 7) is 3.08. The lowest BCUT2D eigenvalue weighted by Gasteiger charge is -2.20. The van der Waals surface area contributed by atoms with E-state index in [9.17, 15) is 4.79 Å². The first-order valence-corrected chi connectivity index (χ1v) is 6.23. The molecule has 100 valence electrons. The van der Waals surface area contributed by atoms with Crippen molar-refractivity contribution in [3.8, 4) is 0 Å². The predicted molar refractivity (Wildman–Crippen MR) is 74.5 cm³/mol. The first-order chi connectivity index (χ1) is 9.11. The molecule has 0 aliphatic rings. The third-order valence-electron chi connectivity index (χ3n) is 2.99. The van der Waals surface area contributed by atoms with Gasteiger partial charge in [-0.25, -0.2) is 0 Å². The van der Waals surface area contributed by atoms with Crippen LogP contribution in [-0.4, -0.2) is 26.9 Å². The summed E-state index contributed by atoms with van der Waals surface area (Å²) in [5, 5.41) is 0. The largest absolute Gasteiger partial charge is 0.397 e. The summed E-state index contributed by atoms with van der Waals surface area (Å²) in [6, 6.07) is 7.39. The molecule has 0 saturated heterocycles. The van der Waals surface area contributed by atoms with Crippen molar-refractivity contribution in [2.45, 2.75) is 13.5 Å². The minimum absolute atomic E-state index is 0.0349. The van der Waals surface area contributed by atoms with Gasteiger partial charge < -0.3 is 15.2 Å². The van der Waals surface area contributed by atoms with Crippen molar-refractivity contribution in [2.75, 3.05) is 12.3 Å². The van der Waals surface area contributed by atoms with E-state index in [1.54, 1.807) is 27.9 Å². The topological polar surface area (TPSA) is 64.2 Å². The first kappa shape index (κ1) is 13.1. The Morgan fingerprint density at radius 3 is 2.79 bits per heavy atom. The fourth-order valence-corrected chi connectivity index (χ4v) is 1.98. The fourth-order valence-electron chi connectivity index (χ4n) is 1.98. The van der Waals surface area contributed by atoms with Gasteiger partial charge in [0.05, 0.1) is 17.9 Å². The number of amides is 1. The predicted octanol–water partition coefficient (Wildman–Crippen LogP) is 1.66. The molecule has 0 saturated carbocycles. The number of hydrogen-bond acceptors (Lipinski definition) is 3. The highest BCUT2D eigenvalue weighted by Crippen LogP contribution is 2.13. The van der Waals surface area contributed by atoms with E-state index in [-0.39, 0.29) is 5.91 Å². The van der Waals surface area contributed by atoms with E-state index in [0.29, 0.717) is 24.5 Å². The van der Waals surface area contributed by atoms with Crippen LogP contribution in [0.25, 0.3) is 0 Å². The van der Waals surface area contributed by atoms with Crippen LogP contribution in [0, 0.1) is 0 Å². The molecule has 0 atom stereocenters. The number of rotatable bonds is 4. The van der Waals surface area contributed by atoms with Crippen LogP contribution in [0.2, 0.25) is 0 Å². The van der Waals surface area contributed by atoms with Crippen molar-refractivity contribution < 1.29 is 4.79 Å². The lowest BCUT2D eigenvalue weighted by molar-refractivity contribution is 0.0741. The summed E-state index contributed by atoms with van der Waals surface area (Å²) in [4.78, 5) is 18.4. The Labute approximate surface area is 112 Å². The molecule has 0 fully saturated rings. The zero-order valence-electron chi connectivity index (χ0n) is 11.2. The summed E-state index contributed by atoms with van der Waals surface area (Å²) in [6.07, 6.45) is 3.47. The normalized spacial score (nSPS) is 10.4. The van der Waals surface area contributed by atoms with Crippen molar-refractivity contribution in [1.82, 2.24) is 14.5 Å². The molecule has 2 aromatic heterocycles. The van der Waals surface area contributed by atoms with Gasteiger partial charge in [-0.2, -0.15) is 0 Å². The van der Waals surface area contributed by atoms with Gasteiger partial charge in [0.15, 0.2) is 0 Å². The monoisotopic (exact) mass is 258 g/mol. The average molecular weight is 258 g/mol. The number of carbonyl (C=O) groups is 1. The van der Waals surface area contributed by atoms with Gasteiger partial charge in [0.1, 0.15) is 5.69 Å². The highest BCUT2D eigenvalue weighted by molar-refractivity contribution is 5.93. The van der Waals surface area contributed by atoms with E-state index in [1.165, 1.54) is 0 Å². The van der Waals surface area contributed by atoms with E-state index in [2.05, 4.69) is 4.98 Å². The molecule has 2 heterocycles. The van der Waals surface area contributed by atoms with Crippen LogP contribution >= 0.6 is 0 Å². The Hall–Kier alpha value is -2.30. The number of pyridine rings is 1. The van der Waals surface area contributed by atoms with Gasteiger partial charge in [0.2, 0.25) is 0 Å². The Balaban J connectivity index is 2.18. The summed E-state index contributed by atoms with van der Waals surface area (Å²) in [7, 11) is 1.82. The molecule has 0 aromatic carbocycles. The first-order valence-electron chi connectivity index (χ1n) is 6.23. The molecular formula is C14H18N4O. The molecular weight excluding hydrogens is 240 g/mol. The molecule has 1 amide bonds. The van der Waals surface area contributed by atoms with E-state index in [4.69, 9.17) is 5.73 Å². The van der Waals surface area contributed by atoms with Crippen LogP contribution in [0.1, 0.15) is 23.1 Å². The number of aromatic nitrogens is 2. The second-order valence-corrected chi connectivity index (χ2v) is 4.41. The van der Waals surface area contributed by atoms with Crippen LogP contribution in [0.15, 0.2) is 36.7 Å². The van der Waals surface area contributed by atoms with Gasteiger partial charge in [-0.1, -0.05) is 6.07 Å². The quantitative estimate of drug-likeness (QED) is 0.907. The fraction of sp³-hybridized carbons (Fsp3) is 0.286. The summed E-state index contributed by atoms with van der Waals surface area (Å²) >= 11 is 0. The average Bonchev–Trinajstić information content (AvgIpc) is 2.75. The standard InChI is InChI=1S/C14H18N4O/c1-3-18(10-12-6-4-5-7-16-12)14(19)13-8-11(15)9-17(13)2/h4-9H,3,10,15H2,1-2H3. The van der Waals surface area contributed by atoms with Crippen molar-refractivity contribution in [2.24, 2.45) is 7.05 Å². The second-order valence-electron chi connectivity index (χ2n) is 4.41. The van der Waals surface area contributed by atoms with Crippen LogP contribution in [0.4, 0.5) is 5.69 Å². The van der Waals surface area contributed by atoms with Crippen molar-refractivity contribution in [3.05, 3.63) is 48.0 Å².